The maximum atomic E-state index is 11.9. The van der Waals surface area contributed by atoms with Gasteiger partial charge in [-0.1, -0.05) is 0 Å². The van der Waals surface area contributed by atoms with Gasteiger partial charge in [0.2, 0.25) is 15.6 Å². The molecular weight excluding hydrogens is 260 g/mol. The Morgan fingerprint density at radius 1 is 1.47 bits per heavy atom. The van der Waals surface area contributed by atoms with Gasteiger partial charge >= 0.3 is 0 Å². The Hall–Kier alpha value is -0.790. The van der Waals surface area contributed by atoms with Crippen molar-refractivity contribution in [2.75, 3.05) is 18.1 Å². The van der Waals surface area contributed by atoms with Crippen LogP contribution in [0.1, 0.15) is 6.42 Å². The molecular formula is C10H14N2O3S2. The lowest BCUT2D eigenvalue weighted by Gasteiger charge is -2.10. The van der Waals surface area contributed by atoms with Crippen molar-refractivity contribution in [3.63, 3.8) is 0 Å². The molecule has 2 rings (SSSR count). The number of pyridine rings is 1. The maximum absolute atomic E-state index is 11.9. The molecule has 1 atom stereocenters. The Morgan fingerprint density at radius 2 is 2.29 bits per heavy atom. The summed E-state index contributed by atoms with van der Waals surface area (Å²) in [5, 5.41) is 0. The van der Waals surface area contributed by atoms with E-state index in [2.05, 4.69) is 9.71 Å². The fourth-order valence-electron chi connectivity index (χ4n) is 1.62. The van der Waals surface area contributed by atoms with Gasteiger partial charge in [-0.15, -0.1) is 0 Å². The molecule has 5 nitrogen and oxygen atoms in total. The zero-order valence-electron chi connectivity index (χ0n) is 9.18. The van der Waals surface area contributed by atoms with Crippen LogP contribution >= 0.6 is 11.8 Å². The highest BCUT2D eigenvalue weighted by Gasteiger charge is 2.19. The van der Waals surface area contributed by atoms with E-state index in [0.29, 0.717) is 12.5 Å². The summed E-state index contributed by atoms with van der Waals surface area (Å²) >= 11 is 1.85. The zero-order chi connectivity index (χ0) is 12.3. The highest BCUT2D eigenvalue weighted by molar-refractivity contribution is 7.99. The second-order valence-electron chi connectivity index (χ2n) is 3.97. The molecule has 17 heavy (non-hydrogen) atoms. The summed E-state index contributed by atoms with van der Waals surface area (Å²) in [6.45, 7) is 0.467. The van der Waals surface area contributed by atoms with Crippen molar-refractivity contribution in [2.45, 2.75) is 11.3 Å². The third-order valence-corrected chi connectivity index (χ3v) is 5.30. The minimum Gasteiger partial charge on any atom is -0.328 e. The predicted molar refractivity (Wildman–Crippen MR) is 67.7 cm³/mol. The third kappa shape index (κ3) is 3.34. The zero-order valence-corrected chi connectivity index (χ0v) is 10.8. The molecule has 1 unspecified atom stereocenters. The smallest absolute Gasteiger partial charge is 0.247 e. The standard InChI is InChI=1S/C10H14N2O3S2/c13-10-2-1-9(6-11-10)17(14,15)12-5-8-3-4-16-7-8/h1-2,6,8,12H,3-5,7H2,(H,11,13). The van der Waals surface area contributed by atoms with Crippen LogP contribution in [0.3, 0.4) is 0 Å². The van der Waals surface area contributed by atoms with Gasteiger partial charge in [0, 0.05) is 18.8 Å². The molecule has 0 saturated carbocycles. The monoisotopic (exact) mass is 274 g/mol. The Kier molecular flexibility index (Phi) is 3.90. The first-order valence-electron chi connectivity index (χ1n) is 5.34. The van der Waals surface area contributed by atoms with Crippen LogP contribution in [-0.2, 0) is 10.0 Å². The van der Waals surface area contributed by atoms with Crippen molar-refractivity contribution < 1.29 is 8.42 Å². The summed E-state index contributed by atoms with van der Waals surface area (Å²) in [5.74, 6) is 2.52. The minimum absolute atomic E-state index is 0.0998. The highest BCUT2D eigenvalue weighted by Crippen LogP contribution is 2.22. The molecule has 1 aliphatic heterocycles. The second kappa shape index (κ2) is 5.24. The van der Waals surface area contributed by atoms with E-state index in [4.69, 9.17) is 0 Å². The van der Waals surface area contributed by atoms with Gasteiger partial charge in [-0.2, -0.15) is 11.8 Å². The van der Waals surface area contributed by atoms with Crippen molar-refractivity contribution in [3.05, 3.63) is 28.7 Å². The molecule has 7 heteroatoms. The van der Waals surface area contributed by atoms with Crippen LogP contribution in [0.25, 0.3) is 0 Å². The normalized spacial score (nSPS) is 20.6. The van der Waals surface area contributed by atoms with Gasteiger partial charge < -0.3 is 4.98 Å². The molecule has 2 N–H and O–H groups in total. The average Bonchev–Trinajstić information content (AvgIpc) is 2.80. The SMILES string of the molecule is O=c1ccc(S(=O)(=O)NCC2CCSC2)c[nH]1. The van der Waals surface area contributed by atoms with E-state index in [0.717, 1.165) is 17.9 Å². The number of aromatic nitrogens is 1. The van der Waals surface area contributed by atoms with E-state index >= 15 is 0 Å². The fraction of sp³-hybridized carbons (Fsp3) is 0.500. The van der Waals surface area contributed by atoms with Crippen molar-refractivity contribution >= 4 is 21.8 Å². The largest absolute Gasteiger partial charge is 0.328 e. The first-order chi connectivity index (χ1) is 8.08. The number of nitrogens with one attached hydrogen (secondary N) is 2. The van der Waals surface area contributed by atoms with E-state index < -0.39 is 10.0 Å². The van der Waals surface area contributed by atoms with Gasteiger partial charge in [-0.3, -0.25) is 4.79 Å². The van der Waals surface area contributed by atoms with Gasteiger partial charge in [0.15, 0.2) is 0 Å². The topological polar surface area (TPSA) is 79.0 Å². The summed E-state index contributed by atoms with van der Waals surface area (Å²) in [6, 6.07) is 2.52. The lowest BCUT2D eigenvalue weighted by molar-refractivity contribution is 0.545. The maximum Gasteiger partial charge on any atom is 0.247 e. The average molecular weight is 274 g/mol. The molecule has 1 aromatic heterocycles. The Balaban J connectivity index is 2.02. The van der Waals surface area contributed by atoms with Crippen LogP contribution in [0.4, 0.5) is 0 Å². The summed E-state index contributed by atoms with van der Waals surface area (Å²) in [6.07, 6.45) is 2.27. The summed E-state index contributed by atoms with van der Waals surface area (Å²) in [4.78, 5) is 13.3. The minimum atomic E-state index is -3.49. The van der Waals surface area contributed by atoms with Crippen molar-refractivity contribution in [1.82, 2.24) is 9.71 Å². The second-order valence-corrected chi connectivity index (χ2v) is 6.89. The van der Waals surface area contributed by atoms with E-state index in [1.807, 2.05) is 11.8 Å². The number of sulfonamides is 1. The van der Waals surface area contributed by atoms with Crippen molar-refractivity contribution in [2.24, 2.45) is 5.92 Å². The van der Waals surface area contributed by atoms with Crippen LogP contribution in [0.2, 0.25) is 0 Å². The molecule has 0 bridgehead atoms. The van der Waals surface area contributed by atoms with Gasteiger partial charge in [0.25, 0.3) is 0 Å². The number of aromatic amines is 1. The molecule has 0 aromatic carbocycles. The van der Waals surface area contributed by atoms with E-state index in [1.165, 1.54) is 18.3 Å². The van der Waals surface area contributed by atoms with Crippen LogP contribution in [0.5, 0.6) is 0 Å². The summed E-state index contributed by atoms with van der Waals surface area (Å²) < 4.78 is 26.3. The number of H-pyrrole nitrogens is 1. The van der Waals surface area contributed by atoms with E-state index in [1.54, 1.807) is 0 Å². The molecule has 1 saturated heterocycles. The first kappa shape index (κ1) is 12.7. The molecule has 2 heterocycles. The lowest BCUT2D eigenvalue weighted by atomic mass is 10.1. The highest BCUT2D eigenvalue weighted by atomic mass is 32.2. The Morgan fingerprint density at radius 3 is 2.88 bits per heavy atom. The molecule has 0 aliphatic carbocycles. The van der Waals surface area contributed by atoms with Gasteiger partial charge in [-0.05, 0) is 29.9 Å². The Labute approximate surface area is 104 Å². The quantitative estimate of drug-likeness (QED) is 0.833. The Bertz CT molecular complexity index is 512. The van der Waals surface area contributed by atoms with Crippen molar-refractivity contribution in [3.8, 4) is 0 Å². The van der Waals surface area contributed by atoms with Gasteiger partial charge in [0.1, 0.15) is 0 Å². The fourth-order valence-corrected chi connectivity index (χ4v) is 3.99. The van der Waals surface area contributed by atoms with Gasteiger partial charge in [-0.25, -0.2) is 13.1 Å². The molecule has 94 valence electrons. The number of hydrogen-bond acceptors (Lipinski definition) is 4. The van der Waals surface area contributed by atoms with E-state index in [9.17, 15) is 13.2 Å². The van der Waals surface area contributed by atoms with Gasteiger partial charge in [0.05, 0.1) is 4.90 Å². The summed E-state index contributed by atoms with van der Waals surface area (Å²) in [7, 11) is -3.49. The number of rotatable bonds is 4. The third-order valence-electron chi connectivity index (χ3n) is 2.65. The molecule has 0 radical (unpaired) electrons. The number of hydrogen-bond donors (Lipinski definition) is 2. The summed E-state index contributed by atoms with van der Waals surface area (Å²) in [5.41, 5.74) is -0.309. The molecule has 1 aromatic rings. The van der Waals surface area contributed by atoms with Crippen LogP contribution < -0.4 is 10.3 Å². The van der Waals surface area contributed by atoms with Crippen molar-refractivity contribution in [1.29, 1.82) is 0 Å². The lowest BCUT2D eigenvalue weighted by Crippen LogP contribution is -2.29. The first-order valence-corrected chi connectivity index (χ1v) is 7.98. The molecule has 0 amide bonds. The van der Waals surface area contributed by atoms with Crippen LogP contribution in [0.15, 0.2) is 28.0 Å². The number of thioether (sulfide) groups is 1. The van der Waals surface area contributed by atoms with E-state index in [-0.39, 0.29) is 10.5 Å². The molecule has 0 spiro atoms. The molecule has 1 aliphatic rings. The predicted octanol–water partition coefficient (Wildman–Crippen LogP) is 0.406. The van der Waals surface area contributed by atoms with Crippen LogP contribution in [0, 0.1) is 5.92 Å². The van der Waals surface area contributed by atoms with Crippen LogP contribution in [-0.4, -0.2) is 31.5 Å². The molecule has 1 fully saturated rings.